The molecule has 2 atom stereocenters. The van der Waals surface area contributed by atoms with Crippen molar-refractivity contribution in [3.63, 3.8) is 0 Å². The highest BCUT2D eigenvalue weighted by molar-refractivity contribution is 7.80. The summed E-state index contributed by atoms with van der Waals surface area (Å²) in [6.45, 7) is 1.84. The molecule has 0 aliphatic heterocycles. The van der Waals surface area contributed by atoms with E-state index in [1.807, 2.05) is 6.92 Å². The molecule has 0 amide bonds. The second-order valence-electron chi connectivity index (χ2n) is 3.82. The van der Waals surface area contributed by atoms with Crippen molar-refractivity contribution in [2.45, 2.75) is 25.6 Å². The van der Waals surface area contributed by atoms with Gasteiger partial charge in [-0.1, -0.05) is 11.6 Å². The topological polar surface area (TPSA) is 57.5 Å². The van der Waals surface area contributed by atoms with Gasteiger partial charge >= 0.3 is 0 Å². The van der Waals surface area contributed by atoms with Gasteiger partial charge in [0.15, 0.2) is 0 Å². The molecule has 0 saturated carbocycles. The minimum Gasteiger partial charge on any atom is -0.390 e. The Hall–Kier alpha value is -0.840. The number of hydrogen-bond donors (Lipinski definition) is 3. The minimum atomic E-state index is -0.967. The van der Waals surface area contributed by atoms with Crippen LogP contribution < -0.4 is 0 Å². The molecule has 0 fully saturated rings. The fourth-order valence-corrected chi connectivity index (χ4v) is 1.86. The van der Waals surface area contributed by atoms with E-state index in [4.69, 9.17) is 0 Å². The largest absolute Gasteiger partial charge is 0.390 e. The van der Waals surface area contributed by atoms with Crippen LogP contribution in [0.2, 0.25) is 0 Å². The molecule has 0 aromatic heterocycles. The maximum atomic E-state index is 10.7. The summed E-state index contributed by atoms with van der Waals surface area (Å²) in [6, 6.07) is 5.08. The van der Waals surface area contributed by atoms with Gasteiger partial charge in [0, 0.05) is 5.56 Å². The standard InChI is InChI=1S/C12H16O3S/c1-8-4-9(7-13)6-10(5-8)12(15)11(14)2-3-16/h4-7,11-12,14-16H,2-3H2,1H3. The van der Waals surface area contributed by atoms with Crippen molar-refractivity contribution in [2.75, 3.05) is 5.75 Å². The van der Waals surface area contributed by atoms with E-state index in [0.717, 1.165) is 11.8 Å². The Balaban J connectivity index is 2.93. The first kappa shape index (κ1) is 13.2. The molecule has 0 aliphatic rings. The van der Waals surface area contributed by atoms with Crippen LogP contribution in [0.1, 0.15) is 34.0 Å². The van der Waals surface area contributed by atoms with Gasteiger partial charge in [0.1, 0.15) is 12.4 Å². The Labute approximate surface area is 101 Å². The van der Waals surface area contributed by atoms with Crippen LogP contribution in [0.3, 0.4) is 0 Å². The van der Waals surface area contributed by atoms with Gasteiger partial charge in [-0.25, -0.2) is 0 Å². The molecule has 0 radical (unpaired) electrons. The number of rotatable bonds is 5. The summed E-state index contributed by atoms with van der Waals surface area (Å²) in [6.07, 6.45) is -0.674. The van der Waals surface area contributed by atoms with E-state index in [1.165, 1.54) is 0 Å². The molecule has 4 heteroatoms. The van der Waals surface area contributed by atoms with Crippen molar-refractivity contribution in [1.29, 1.82) is 0 Å². The van der Waals surface area contributed by atoms with E-state index in [-0.39, 0.29) is 0 Å². The number of benzene rings is 1. The van der Waals surface area contributed by atoms with Gasteiger partial charge in [0.2, 0.25) is 0 Å². The molecule has 2 N–H and O–H groups in total. The zero-order valence-electron chi connectivity index (χ0n) is 9.13. The molecule has 0 saturated heterocycles. The van der Waals surface area contributed by atoms with Crippen LogP contribution in [0, 0.1) is 6.92 Å². The van der Waals surface area contributed by atoms with Gasteiger partial charge in [0.25, 0.3) is 0 Å². The van der Waals surface area contributed by atoms with Crippen molar-refractivity contribution >= 4 is 18.9 Å². The van der Waals surface area contributed by atoms with Crippen LogP contribution in [0.4, 0.5) is 0 Å². The summed E-state index contributed by atoms with van der Waals surface area (Å²) < 4.78 is 0. The van der Waals surface area contributed by atoms with Crippen LogP contribution in [-0.4, -0.2) is 28.4 Å². The van der Waals surface area contributed by atoms with E-state index in [9.17, 15) is 15.0 Å². The average Bonchev–Trinajstić information content (AvgIpc) is 2.27. The van der Waals surface area contributed by atoms with Crippen molar-refractivity contribution in [2.24, 2.45) is 0 Å². The first-order valence-electron chi connectivity index (χ1n) is 5.12. The predicted molar refractivity (Wildman–Crippen MR) is 66.0 cm³/mol. The Morgan fingerprint density at radius 2 is 2.06 bits per heavy atom. The lowest BCUT2D eigenvalue weighted by atomic mass is 9.98. The van der Waals surface area contributed by atoms with Crippen molar-refractivity contribution in [3.05, 3.63) is 34.9 Å². The van der Waals surface area contributed by atoms with Gasteiger partial charge in [-0.3, -0.25) is 4.79 Å². The van der Waals surface area contributed by atoms with E-state index in [2.05, 4.69) is 12.6 Å². The van der Waals surface area contributed by atoms with Gasteiger partial charge in [0.05, 0.1) is 6.10 Å². The quantitative estimate of drug-likeness (QED) is 0.540. The predicted octanol–water partition coefficient (Wildman–Crippen LogP) is 1.52. The van der Waals surface area contributed by atoms with Crippen molar-refractivity contribution < 1.29 is 15.0 Å². The number of thiol groups is 1. The fraction of sp³-hybridized carbons (Fsp3) is 0.417. The number of aldehydes is 1. The van der Waals surface area contributed by atoms with Crippen LogP contribution in [0.25, 0.3) is 0 Å². The van der Waals surface area contributed by atoms with Crippen LogP contribution in [-0.2, 0) is 0 Å². The van der Waals surface area contributed by atoms with Crippen LogP contribution in [0.15, 0.2) is 18.2 Å². The van der Waals surface area contributed by atoms with Crippen molar-refractivity contribution in [3.8, 4) is 0 Å². The van der Waals surface area contributed by atoms with Gasteiger partial charge in [-0.05, 0) is 36.8 Å². The highest BCUT2D eigenvalue weighted by atomic mass is 32.1. The molecule has 16 heavy (non-hydrogen) atoms. The number of aliphatic hydroxyl groups is 2. The molecule has 88 valence electrons. The zero-order valence-corrected chi connectivity index (χ0v) is 10.0. The first-order chi connectivity index (χ1) is 7.58. The van der Waals surface area contributed by atoms with Gasteiger partial charge in [-0.2, -0.15) is 12.6 Å². The SMILES string of the molecule is Cc1cc(C=O)cc(C(O)C(O)CCS)c1. The smallest absolute Gasteiger partial charge is 0.150 e. The maximum Gasteiger partial charge on any atom is 0.150 e. The zero-order chi connectivity index (χ0) is 12.1. The van der Waals surface area contributed by atoms with Gasteiger partial charge < -0.3 is 10.2 Å². The summed E-state index contributed by atoms with van der Waals surface area (Å²) in [5, 5.41) is 19.5. The van der Waals surface area contributed by atoms with Crippen LogP contribution in [0.5, 0.6) is 0 Å². The lowest BCUT2D eigenvalue weighted by molar-refractivity contribution is 0.0172. The second-order valence-corrected chi connectivity index (χ2v) is 4.27. The fourth-order valence-electron chi connectivity index (χ4n) is 1.59. The molecule has 3 nitrogen and oxygen atoms in total. The molecule has 0 aliphatic carbocycles. The Kier molecular flexibility index (Phi) is 4.99. The molecule has 1 aromatic rings. The van der Waals surface area contributed by atoms with Gasteiger partial charge in [-0.15, -0.1) is 0 Å². The molecule has 0 bridgehead atoms. The molecule has 0 heterocycles. The summed E-state index contributed by atoms with van der Waals surface area (Å²) >= 11 is 4.00. The number of carbonyl (C=O) groups is 1. The summed E-state index contributed by atoms with van der Waals surface area (Å²) in [7, 11) is 0. The van der Waals surface area contributed by atoms with Crippen LogP contribution >= 0.6 is 12.6 Å². The monoisotopic (exact) mass is 240 g/mol. The Morgan fingerprint density at radius 3 is 2.62 bits per heavy atom. The number of carbonyl (C=O) groups excluding carboxylic acids is 1. The maximum absolute atomic E-state index is 10.7. The van der Waals surface area contributed by atoms with E-state index in [1.54, 1.807) is 18.2 Å². The number of aryl methyl sites for hydroxylation is 1. The van der Waals surface area contributed by atoms with E-state index >= 15 is 0 Å². The molecular weight excluding hydrogens is 224 g/mol. The minimum absolute atomic E-state index is 0.411. The van der Waals surface area contributed by atoms with Crippen molar-refractivity contribution in [1.82, 2.24) is 0 Å². The summed E-state index contributed by atoms with van der Waals surface area (Å²) in [4.78, 5) is 10.7. The summed E-state index contributed by atoms with van der Waals surface area (Å²) in [5.74, 6) is 0.505. The third-order valence-electron chi connectivity index (χ3n) is 2.39. The van der Waals surface area contributed by atoms with E-state index < -0.39 is 12.2 Å². The first-order valence-corrected chi connectivity index (χ1v) is 5.75. The molecule has 1 rings (SSSR count). The molecule has 0 spiro atoms. The third-order valence-corrected chi connectivity index (χ3v) is 2.65. The highest BCUT2D eigenvalue weighted by Crippen LogP contribution is 2.21. The lowest BCUT2D eigenvalue weighted by Gasteiger charge is -2.18. The normalized spacial score (nSPS) is 14.5. The third kappa shape index (κ3) is 3.33. The Morgan fingerprint density at radius 1 is 1.38 bits per heavy atom. The molecule has 2 unspecified atom stereocenters. The lowest BCUT2D eigenvalue weighted by Crippen LogP contribution is -2.19. The average molecular weight is 240 g/mol. The number of aliphatic hydroxyl groups excluding tert-OH is 2. The Bertz CT molecular complexity index is 365. The van der Waals surface area contributed by atoms with E-state index in [0.29, 0.717) is 23.3 Å². The molecule has 1 aromatic carbocycles. The summed E-state index contributed by atoms with van der Waals surface area (Å²) in [5.41, 5.74) is 1.96. The molecular formula is C12H16O3S. The highest BCUT2D eigenvalue weighted by Gasteiger charge is 2.18. The number of hydrogen-bond acceptors (Lipinski definition) is 4. The second kappa shape index (κ2) is 6.03.